The maximum absolute atomic E-state index is 14.5. The van der Waals surface area contributed by atoms with Gasteiger partial charge in [0.15, 0.2) is 11.4 Å². The second-order valence-electron chi connectivity index (χ2n) is 13.8. The molecular formula is C33H38F3N5O4. The van der Waals surface area contributed by atoms with Gasteiger partial charge in [-0.2, -0.15) is 13.2 Å². The molecule has 2 atom stereocenters. The molecule has 0 radical (unpaired) electrons. The molecule has 0 unspecified atom stereocenters. The summed E-state index contributed by atoms with van der Waals surface area (Å²) in [5, 5.41) is 8.27. The summed E-state index contributed by atoms with van der Waals surface area (Å²) in [6.45, 7) is 8.76. The van der Waals surface area contributed by atoms with E-state index in [9.17, 15) is 22.8 Å². The average Bonchev–Trinajstić information content (AvgIpc) is 3.49. The first-order valence-electron chi connectivity index (χ1n) is 15.2. The number of ether oxygens (including phenoxy) is 2. The van der Waals surface area contributed by atoms with Crippen LogP contribution in [0.4, 0.5) is 23.7 Å². The van der Waals surface area contributed by atoms with Crippen LogP contribution in [0, 0.1) is 0 Å². The van der Waals surface area contributed by atoms with Crippen LogP contribution in [0.1, 0.15) is 98.7 Å². The van der Waals surface area contributed by atoms with Gasteiger partial charge in [-0.15, -0.1) is 10.2 Å². The molecule has 3 aliphatic rings. The summed E-state index contributed by atoms with van der Waals surface area (Å²) < 4.78 is 57.3. The van der Waals surface area contributed by atoms with E-state index in [0.717, 1.165) is 18.1 Å². The highest BCUT2D eigenvalue weighted by atomic mass is 19.4. The predicted molar refractivity (Wildman–Crippen MR) is 159 cm³/mol. The number of amides is 2. The fraction of sp³-hybridized carbons (Fsp3) is 0.515. The van der Waals surface area contributed by atoms with Gasteiger partial charge in [0.05, 0.1) is 18.2 Å². The molecule has 240 valence electrons. The number of aromatic nitrogens is 3. The van der Waals surface area contributed by atoms with Crippen LogP contribution in [0.5, 0.6) is 0 Å². The lowest BCUT2D eigenvalue weighted by Gasteiger charge is -2.47. The van der Waals surface area contributed by atoms with E-state index in [-0.39, 0.29) is 35.9 Å². The highest BCUT2D eigenvalue weighted by Gasteiger charge is 2.50. The summed E-state index contributed by atoms with van der Waals surface area (Å²) >= 11 is 0. The molecule has 1 saturated carbocycles. The number of carbonyl (C=O) groups is 2. The molecular weight excluding hydrogens is 587 g/mol. The largest absolute Gasteiger partial charge is 0.444 e. The monoisotopic (exact) mass is 625 g/mol. The predicted octanol–water partition coefficient (Wildman–Crippen LogP) is 6.73. The van der Waals surface area contributed by atoms with E-state index in [1.807, 2.05) is 27.0 Å². The van der Waals surface area contributed by atoms with Crippen molar-refractivity contribution >= 4 is 17.7 Å². The Kier molecular flexibility index (Phi) is 7.30. The maximum Gasteiger partial charge on any atom is 0.416 e. The SMILES string of the molecule is C[C@@H]1C[C@](c2cccc(N3Cc4c(cc(CN(C(=O)OC(C)(C)C)C5(C)CCC5)cc4C(F)(F)F)C3=O)c2)(c2nncn2C)O1. The third kappa shape index (κ3) is 5.47. The molecule has 6 rings (SSSR count). The van der Waals surface area contributed by atoms with Crippen molar-refractivity contribution in [2.75, 3.05) is 4.90 Å². The smallest absolute Gasteiger partial charge is 0.416 e. The Morgan fingerprint density at radius 1 is 1.18 bits per heavy atom. The van der Waals surface area contributed by atoms with Crippen molar-refractivity contribution < 1.29 is 32.2 Å². The first-order valence-corrected chi connectivity index (χ1v) is 15.2. The first-order chi connectivity index (χ1) is 21.0. The highest BCUT2D eigenvalue weighted by molar-refractivity contribution is 6.10. The second-order valence-corrected chi connectivity index (χ2v) is 13.8. The lowest BCUT2D eigenvalue weighted by Crippen LogP contribution is -2.54. The minimum Gasteiger partial charge on any atom is -0.444 e. The minimum atomic E-state index is -4.71. The fourth-order valence-electron chi connectivity index (χ4n) is 6.73. The molecule has 2 amide bonds. The number of nitrogens with zero attached hydrogens (tertiary/aromatic N) is 5. The number of rotatable bonds is 6. The van der Waals surface area contributed by atoms with Gasteiger partial charge in [0, 0.05) is 36.8 Å². The number of anilines is 1. The lowest BCUT2D eigenvalue weighted by molar-refractivity contribution is -0.184. The van der Waals surface area contributed by atoms with E-state index < -0.39 is 40.5 Å². The number of aryl methyl sites for hydroxylation is 1. The quantitative estimate of drug-likeness (QED) is 0.302. The van der Waals surface area contributed by atoms with Crippen LogP contribution in [0.15, 0.2) is 42.7 Å². The normalized spacial score (nSPS) is 22.5. The summed E-state index contributed by atoms with van der Waals surface area (Å²) in [4.78, 5) is 30.0. The molecule has 0 spiro atoms. The number of benzene rings is 2. The number of alkyl halides is 3. The molecule has 1 aromatic heterocycles. The van der Waals surface area contributed by atoms with Crippen LogP contribution in [0.2, 0.25) is 0 Å². The number of carbonyl (C=O) groups excluding carboxylic acids is 2. The second kappa shape index (κ2) is 10.6. The van der Waals surface area contributed by atoms with E-state index in [0.29, 0.717) is 30.8 Å². The van der Waals surface area contributed by atoms with Gasteiger partial charge in [0.25, 0.3) is 5.91 Å². The van der Waals surface area contributed by atoms with Gasteiger partial charge >= 0.3 is 12.3 Å². The maximum atomic E-state index is 14.5. The van der Waals surface area contributed by atoms with E-state index >= 15 is 0 Å². The van der Waals surface area contributed by atoms with Gasteiger partial charge in [-0.05, 0) is 94.8 Å². The third-order valence-corrected chi connectivity index (χ3v) is 9.12. The van der Waals surface area contributed by atoms with Crippen molar-refractivity contribution in [3.05, 3.63) is 76.4 Å². The molecule has 0 bridgehead atoms. The lowest BCUT2D eigenvalue weighted by atomic mass is 9.77. The number of hydrogen-bond donors (Lipinski definition) is 0. The molecule has 9 nitrogen and oxygen atoms in total. The van der Waals surface area contributed by atoms with E-state index in [4.69, 9.17) is 9.47 Å². The van der Waals surface area contributed by atoms with Crippen molar-refractivity contribution in [3.63, 3.8) is 0 Å². The van der Waals surface area contributed by atoms with E-state index in [1.54, 1.807) is 49.9 Å². The Balaban J connectivity index is 1.35. The van der Waals surface area contributed by atoms with Crippen molar-refractivity contribution in [1.82, 2.24) is 19.7 Å². The number of hydrogen-bond acceptors (Lipinski definition) is 6. The Labute approximate surface area is 260 Å². The number of halogens is 3. The molecule has 0 N–H and O–H groups in total. The molecule has 12 heteroatoms. The Bertz CT molecular complexity index is 1650. The highest BCUT2D eigenvalue weighted by Crippen LogP contribution is 2.48. The molecule has 3 heterocycles. The summed E-state index contributed by atoms with van der Waals surface area (Å²) in [5.41, 5.74) is -1.79. The first kappa shape index (κ1) is 31.1. The Morgan fingerprint density at radius 2 is 1.89 bits per heavy atom. The zero-order chi connectivity index (χ0) is 32.5. The van der Waals surface area contributed by atoms with Crippen LogP contribution < -0.4 is 4.90 Å². The van der Waals surface area contributed by atoms with Gasteiger partial charge in [-0.25, -0.2) is 4.79 Å². The van der Waals surface area contributed by atoms with Crippen molar-refractivity contribution in [2.45, 2.75) is 102 Å². The average molecular weight is 626 g/mol. The Hall–Kier alpha value is -3.93. The van der Waals surface area contributed by atoms with Crippen LogP contribution in [-0.4, -0.2) is 48.9 Å². The van der Waals surface area contributed by atoms with Gasteiger partial charge < -0.3 is 18.9 Å². The summed E-state index contributed by atoms with van der Waals surface area (Å²) in [6.07, 6.45) is -0.783. The van der Waals surface area contributed by atoms with E-state index in [1.165, 1.54) is 15.9 Å². The standard InChI is InChI=1S/C33H38F3N5O4/c1-20-16-32(44-20,28-38-37-19-39(28)6)22-9-7-10-23(15-22)40-18-25-24(27(40)42)13-21(14-26(25)33(34,35)36)17-41(31(5)11-8-12-31)29(43)45-30(2,3)4/h7,9-10,13-15,19-20H,8,11-12,16-18H2,1-6H3/t20-,32+/m1/s1. The van der Waals surface area contributed by atoms with Crippen molar-refractivity contribution in [3.8, 4) is 0 Å². The van der Waals surface area contributed by atoms with Crippen molar-refractivity contribution in [2.24, 2.45) is 7.05 Å². The summed E-state index contributed by atoms with van der Waals surface area (Å²) in [6, 6.07) is 9.67. The summed E-state index contributed by atoms with van der Waals surface area (Å²) in [5.74, 6) is 0.0660. The molecule has 3 aromatic rings. The van der Waals surface area contributed by atoms with Gasteiger partial charge in [0.2, 0.25) is 0 Å². The molecule has 1 aliphatic carbocycles. The fourth-order valence-corrected chi connectivity index (χ4v) is 6.73. The molecule has 2 aromatic carbocycles. The minimum absolute atomic E-state index is 0.0235. The molecule has 2 aliphatic heterocycles. The van der Waals surface area contributed by atoms with Crippen LogP contribution in [-0.2, 0) is 41.4 Å². The molecule has 1 saturated heterocycles. The molecule has 2 fully saturated rings. The van der Waals surface area contributed by atoms with Crippen LogP contribution >= 0.6 is 0 Å². The van der Waals surface area contributed by atoms with Gasteiger partial charge in [-0.1, -0.05) is 12.1 Å². The third-order valence-electron chi connectivity index (χ3n) is 9.12. The zero-order valence-electron chi connectivity index (χ0n) is 26.4. The van der Waals surface area contributed by atoms with Crippen LogP contribution in [0.3, 0.4) is 0 Å². The number of fused-ring (bicyclic) bond motifs is 1. The molecule has 45 heavy (non-hydrogen) atoms. The topological polar surface area (TPSA) is 89.8 Å². The zero-order valence-corrected chi connectivity index (χ0v) is 26.4. The van der Waals surface area contributed by atoms with Gasteiger partial charge in [-0.3, -0.25) is 9.69 Å². The Morgan fingerprint density at radius 3 is 2.44 bits per heavy atom. The van der Waals surface area contributed by atoms with Crippen molar-refractivity contribution in [1.29, 1.82) is 0 Å². The van der Waals surface area contributed by atoms with Gasteiger partial charge in [0.1, 0.15) is 11.9 Å². The van der Waals surface area contributed by atoms with Crippen LogP contribution in [0.25, 0.3) is 0 Å². The van der Waals surface area contributed by atoms with E-state index in [2.05, 4.69) is 10.2 Å². The summed E-state index contributed by atoms with van der Waals surface area (Å²) in [7, 11) is 1.82.